The molecule has 9 heteroatoms. The fraction of sp³-hybridized carbons (Fsp3) is 0.395. The van der Waals surface area contributed by atoms with E-state index in [0.717, 1.165) is 48.8 Å². The van der Waals surface area contributed by atoms with Crippen LogP contribution in [-0.2, 0) is 36.4 Å². The number of methoxy groups -OCH3 is 1. The fourth-order valence-electron chi connectivity index (χ4n) is 7.47. The number of hydrogen-bond donors (Lipinski definition) is 1. The smallest absolute Gasteiger partial charge is 0.305 e. The number of nitrogens with two attached hydrogens (primary N) is 1. The lowest BCUT2D eigenvalue weighted by atomic mass is 9.60. The van der Waals surface area contributed by atoms with Crippen molar-refractivity contribution in [3.05, 3.63) is 90.0 Å². The maximum atomic E-state index is 13.6. The van der Waals surface area contributed by atoms with E-state index in [2.05, 4.69) is 54.9 Å². The average Bonchev–Trinajstić information content (AvgIpc) is 3.39. The van der Waals surface area contributed by atoms with E-state index in [1.807, 2.05) is 24.3 Å². The van der Waals surface area contributed by atoms with Crippen LogP contribution in [0, 0.1) is 24.2 Å². The van der Waals surface area contributed by atoms with Gasteiger partial charge in [0.2, 0.25) is 5.91 Å². The van der Waals surface area contributed by atoms with Gasteiger partial charge in [-0.1, -0.05) is 60.7 Å². The van der Waals surface area contributed by atoms with Crippen molar-refractivity contribution >= 4 is 40.0 Å². The normalized spacial score (nSPS) is 25.6. The van der Waals surface area contributed by atoms with Gasteiger partial charge in [0, 0.05) is 24.4 Å². The van der Waals surface area contributed by atoms with Gasteiger partial charge < -0.3 is 20.1 Å². The van der Waals surface area contributed by atoms with Crippen LogP contribution in [0.5, 0.6) is 0 Å². The number of carbonyl (C=O) groups excluding carboxylic acids is 2. The van der Waals surface area contributed by atoms with Gasteiger partial charge in [0.1, 0.15) is 5.76 Å². The molecule has 1 heterocycles. The van der Waals surface area contributed by atoms with Crippen LogP contribution >= 0.6 is 0 Å². The van der Waals surface area contributed by atoms with Crippen molar-refractivity contribution < 1.29 is 23.3 Å². The Morgan fingerprint density at radius 2 is 1.77 bits per heavy atom. The minimum atomic E-state index is -1.46. The summed E-state index contributed by atoms with van der Waals surface area (Å²) < 4.78 is 24.7. The third-order valence-electron chi connectivity index (χ3n) is 10.0. The maximum Gasteiger partial charge on any atom is 0.305 e. The van der Waals surface area contributed by atoms with Gasteiger partial charge in [-0.3, -0.25) is 18.8 Å². The molecule has 1 amide bonds. The number of ether oxygens (including phenoxy) is 2. The Balaban J connectivity index is 1.22. The molecule has 2 bridgehead atoms. The zero-order chi connectivity index (χ0) is 33.3. The van der Waals surface area contributed by atoms with Gasteiger partial charge in [-0.15, -0.1) is 0 Å². The molecule has 4 aliphatic rings. The van der Waals surface area contributed by atoms with Crippen LogP contribution < -0.4 is 10.6 Å². The second-order valence-corrected chi connectivity index (χ2v) is 14.8. The van der Waals surface area contributed by atoms with Crippen molar-refractivity contribution in [2.45, 2.75) is 62.9 Å². The lowest BCUT2D eigenvalue weighted by molar-refractivity contribution is -0.141. The summed E-state index contributed by atoms with van der Waals surface area (Å²) in [5.41, 5.74) is 11.7. The van der Waals surface area contributed by atoms with Gasteiger partial charge in [0.15, 0.2) is 5.90 Å². The Labute approximate surface area is 279 Å². The molecule has 3 saturated carbocycles. The van der Waals surface area contributed by atoms with Crippen LogP contribution in [0.15, 0.2) is 83.2 Å². The van der Waals surface area contributed by atoms with E-state index in [4.69, 9.17) is 15.2 Å². The Kier molecular flexibility index (Phi) is 9.48. The number of hydrogen-bond acceptors (Lipinski definition) is 7. The van der Waals surface area contributed by atoms with Crippen molar-refractivity contribution in [3.63, 3.8) is 0 Å². The van der Waals surface area contributed by atoms with Crippen molar-refractivity contribution in [1.82, 2.24) is 0 Å². The summed E-state index contributed by atoms with van der Waals surface area (Å²) in [7, 11) is 1.73. The van der Waals surface area contributed by atoms with Crippen LogP contribution in [-0.4, -0.2) is 47.9 Å². The molecule has 0 spiro atoms. The van der Waals surface area contributed by atoms with E-state index in [1.165, 1.54) is 12.7 Å². The number of benzene rings is 3. The number of aliphatic imine (C=N–C) groups is 1. The molecule has 0 radical (unpaired) electrons. The molecular formula is C38H43N3O5S. The minimum Gasteiger partial charge on any atom is -0.469 e. The molecular weight excluding hydrogens is 611 g/mol. The van der Waals surface area contributed by atoms with Gasteiger partial charge in [-0.2, -0.15) is 0 Å². The molecule has 1 aliphatic heterocycles. The molecule has 3 fully saturated rings. The molecule has 3 atom stereocenters. The second kappa shape index (κ2) is 13.6. The first-order valence-corrected chi connectivity index (χ1v) is 17.6. The number of esters is 1. The SMILES string of the molecule is C=C(OC(=NC)C12CCC(CC(=O)OC)CC(C1)C2)c1ccc2c(c1)N(Cc1ccc(-c3ccc(C)cc3)cc1)C(=O)[C@@H](N)CS2=O. The zero-order valence-electron chi connectivity index (χ0n) is 27.4. The Morgan fingerprint density at radius 3 is 2.43 bits per heavy atom. The number of nitrogens with zero attached hydrogens (tertiary/aromatic N) is 2. The molecule has 3 aromatic rings. The van der Waals surface area contributed by atoms with E-state index in [9.17, 15) is 13.8 Å². The monoisotopic (exact) mass is 653 g/mol. The summed E-state index contributed by atoms with van der Waals surface area (Å²) in [6, 6.07) is 21.1. The summed E-state index contributed by atoms with van der Waals surface area (Å²) >= 11 is 0. The van der Waals surface area contributed by atoms with Gasteiger partial charge in [0.05, 0.1) is 46.8 Å². The van der Waals surface area contributed by atoms with E-state index in [0.29, 0.717) is 46.1 Å². The minimum absolute atomic E-state index is 0.0544. The molecule has 246 valence electrons. The van der Waals surface area contributed by atoms with Crippen LogP contribution in [0.4, 0.5) is 5.69 Å². The summed E-state index contributed by atoms with van der Waals surface area (Å²) in [4.78, 5) is 32.4. The highest BCUT2D eigenvalue weighted by molar-refractivity contribution is 7.85. The third-order valence-corrected chi connectivity index (χ3v) is 11.5. The molecule has 2 N–H and O–H groups in total. The molecule has 47 heavy (non-hydrogen) atoms. The zero-order valence-corrected chi connectivity index (χ0v) is 28.2. The van der Waals surface area contributed by atoms with Crippen LogP contribution in [0.3, 0.4) is 0 Å². The van der Waals surface area contributed by atoms with Gasteiger partial charge in [-0.05, 0) is 85.8 Å². The van der Waals surface area contributed by atoms with Gasteiger partial charge in [0.25, 0.3) is 0 Å². The quantitative estimate of drug-likeness (QED) is 0.130. The first-order chi connectivity index (χ1) is 22.6. The lowest BCUT2D eigenvalue weighted by Gasteiger charge is -2.46. The van der Waals surface area contributed by atoms with Crippen LogP contribution in [0.1, 0.15) is 55.2 Å². The first kappa shape index (κ1) is 32.8. The van der Waals surface area contributed by atoms with E-state index >= 15 is 0 Å². The summed E-state index contributed by atoms with van der Waals surface area (Å²) in [6.45, 7) is 6.60. The highest BCUT2D eigenvalue weighted by Gasteiger charge is 2.52. The summed E-state index contributed by atoms with van der Waals surface area (Å²) in [5.74, 6) is 1.51. The molecule has 3 aliphatic carbocycles. The predicted octanol–water partition coefficient (Wildman–Crippen LogP) is 6.42. The Hall–Kier alpha value is -4.08. The second-order valence-electron chi connectivity index (χ2n) is 13.3. The van der Waals surface area contributed by atoms with Crippen LogP contribution in [0.2, 0.25) is 0 Å². The van der Waals surface area contributed by atoms with Gasteiger partial charge in [-0.25, -0.2) is 0 Å². The van der Waals surface area contributed by atoms with E-state index in [1.54, 1.807) is 18.0 Å². The van der Waals surface area contributed by atoms with E-state index in [-0.39, 0.29) is 29.6 Å². The Bertz CT molecular complexity index is 1730. The predicted molar refractivity (Wildman–Crippen MR) is 186 cm³/mol. The van der Waals surface area contributed by atoms with Crippen molar-refractivity contribution in [3.8, 4) is 11.1 Å². The lowest BCUT2D eigenvalue weighted by Crippen LogP contribution is -2.44. The number of fused-ring (bicyclic) bond motifs is 4. The number of amides is 1. The molecule has 3 aromatic carbocycles. The fourth-order valence-corrected chi connectivity index (χ4v) is 8.74. The maximum absolute atomic E-state index is 13.6. The highest BCUT2D eigenvalue weighted by atomic mass is 32.2. The average molecular weight is 654 g/mol. The van der Waals surface area contributed by atoms with Crippen molar-refractivity contribution in [2.24, 2.45) is 28.0 Å². The number of aryl methyl sites for hydroxylation is 1. The topological polar surface area (TPSA) is 111 Å². The highest BCUT2D eigenvalue weighted by Crippen LogP contribution is 2.57. The molecule has 7 rings (SSSR count). The van der Waals surface area contributed by atoms with Crippen LogP contribution in [0.25, 0.3) is 16.9 Å². The van der Waals surface area contributed by atoms with Crippen molar-refractivity contribution in [1.29, 1.82) is 0 Å². The molecule has 0 saturated heterocycles. The van der Waals surface area contributed by atoms with Crippen molar-refractivity contribution in [2.75, 3.05) is 24.8 Å². The third kappa shape index (κ3) is 6.83. The summed E-state index contributed by atoms with van der Waals surface area (Å²) in [6.07, 6.45) is 5.19. The first-order valence-electron chi connectivity index (χ1n) is 16.3. The number of anilines is 1. The number of rotatable bonds is 8. The largest absolute Gasteiger partial charge is 0.469 e. The molecule has 8 nitrogen and oxygen atoms in total. The number of carbonyl (C=O) groups is 2. The Morgan fingerprint density at radius 1 is 1.09 bits per heavy atom. The summed E-state index contributed by atoms with van der Waals surface area (Å²) in [5, 5.41) is 0. The van der Waals surface area contributed by atoms with Gasteiger partial charge >= 0.3 is 5.97 Å². The van der Waals surface area contributed by atoms with E-state index < -0.39 is 16.8 Å². The molecule has 0 aromatic heterocycles. The molecule has 2 unspecified atom stereocenters. The standard InChI is InChI=1S/C38H43N3O5S/c1-24-5-9-29(10-6-24)30-11-7-26(8-12-30)22-41-33-19-31(13-14-34(33)47(44)23-32(39)36(41)43)25(2)46-37(40-3)38-16-15-27(18-35(42)45-4)17-28(20-38)21-38/h5-14,19,27-28,32H,2,15-18,20-23,39H2,1,3-4H3/t27?,28?,32-,38?,47?/m0/s1.